The van der Waals surface area contributed by atoms with Crippen molar-refractivity contribution in [1.82, 2.24) is 89.5 Å². The number of hydrogen-bond donors (Lipinski definition) is 2. The monoisotopic (exact) mass is 2000 g/mol. The van der Waals surface area contributed by atoms with Gasteiger partial charge in [-0.05, 0) is 256 Å². The predicted molar refractivity (Wildman–Crippen MR) is 584 cm³/mol. The Labute approximate surface area is 871 Å². The zero-order chi connectivity index (χ0) is 104. The summed E-state index contributed by atoms with van der Waals surface area (Å²) in [6, 6.07) is 45.1. The molecule has 0 fully saturated rings. The lowest BCUT2D eigenvalue weighted by Gasteiger charge is -2.34. The normalized spacial score (nSPS) is 15.7. The van der Waals surface area contributed by atoms with Crippen molar-refractivity contribution in [3.05, 3.63) is 277 Å². The number of carbonyl (C=O) groups excluding carboxylic acids is 1. The lowest BCUT2D eigenvalue weighted by molar-refractivity contribution is -0.139. The molecule has 2 aliphatic carbocycles. The molecule has 6 aromatic carbocycles. The second-order valence-corrected chi connectivity index (χ2v) is 43.3. The predicted octanol–water partition coefficient (Wildman–Crippen LogP) is 20.1. The van der Waals surface area contributed by atoms with Gasteiger partial charge in [-0.2, -0.15) is 0 Å². The summed E-state index contributed by atoms with van der Waals surface area (Å²) in [7, 11) is 13.6. The van der Waals surface area contributed by atoms with E-state index in [2.05, 4.69) is 253 Å². The maximum Gasteiger partial charge on any atom is 0.313 e. The van der Waals surface area contributed by atoms with E-state index in [4.69, 9.17) is 63.6 Å². The molecular weight excluding hydrogens is 1870 g/mol. The number of H-pyrrole nitrogens is 2. The Bertz CT molecular complexity index is 7640. The van der Waals surface area contributed by atoms with Gasteiger partial charge in [-0.25, -0.2) is 64.2 Å². The number of aliphatic imine (C=N–C) groups is 2. The molecule has 30 nitrogen and oxygen atoms in total. The first-order valence-electron chi connectivity index (χ1n) is 51.8. The van der Waals surface area contributed by atoms with E-state index in [0.29, 0.717) is 83.0 Å². The fourth-order valence-electron chi connectivity index (χ4n) is 21.4. The van der Waals surface area contributed by atoms with Gasteiger partial charge in [-0.15, -0.1) is 0 Å². The van der Waals surface area contributed by atoms with Crippen LogP contribution in [0.5, 0.6) is 23.0 Å². The summed E-state index contributed by atoms with van der Waals surface area (Å²) < 4.78 is 43.1. The smallest absolute Gasteiger partial charge is 0.313 e. The molecule has 0 bridgehead atoms. The van der Waals surface area contributed by atoms with E-state index < -0.39 is 0 Å². The van der Waals surface area contributed by atoms with E-state index in [1.807, 2.05) is 84.9 Å². The van der Waals surface area contributed by atoms with Gasteiger partial charge in [0.1, 0.15) is 120 Å². The molecule has 9 aromatic heterocycles. The fraction of sp³-hybridized carbons (Fsp3) is 0.390. The summed E-state index contributed by atoms with van der Waals surface area (Å²) in [6.07, 6.45) is 16.1. The van der Waals surface area contributed by atoms with Gasteiger partial charge in [-0.3, -0.25) is 19.8 Å². The Morgan fingerprint density at radius 3 is 1.45 bits per heavy atom. The van der Waals surface area contributed by atoms with Gasteiger partial charge in [0.15, 0.2) is 11.3 Å². The number of benzene rings is 6. The standard InChI is InChI=1S/C33H34FN5O.C29H35N7O.C28H30N6O3.C28H34N6O/c1-21-15-26-8-7-25(18-30(26)35-21)24-9-12-31-27(17-24)19-39(13-14-40-31)33-29(16-23-5-10-28(34)11-6-23)22(2)36-32(37-33)20-38(3)4;1-18-31-24-13-20(15-30-27(24)32-18)19-6-7-25-21(12-19)16-36(10-11-37-25)28-22-14-29(2,3)9-8-23(22)33-26(34-28)17-35(4)5;1-28(2)7-6-21-20(13-28)27(31-16-30-21)34-8-9-37-23-5-4-17(10-19(23)15-34)18-11-22-26(29-14-18)33-24(32-22)12-25(35)36-3;1-17(2)27-19(4)31-26(16-33(5)6)32-28(27)34-9-10-35-25-8-7-20(12-22(25)15-34)21-13-24-23(29-14-21)11-18(3)30-24/h5-12,17-18H,13-16,19-20H2,1-4H3;6-7,12-13,15H,8-11,14,16-17H2,1-5H3,(H,30,31,32);4-5,10-11,14,16H,6-9,12-13,15H2,1-3H3,(H,29,32,33);7-8,12-14,17H,9-11,15-16H2,1-6H3. The Hall–Kier alpha value is -15.0. The molecule has 0 saturated heterocycles. The summed E-state index contributed by atoms with van der Waals surface area (Å²) in [5.41, 5.74) is 33.7. The first kappa shape index (κ1) is 101. The molecule has 0 unspecified atom stereocenters. The van der Waals surface area contributed by atoms with Gasteiger partial charge in [0.05, 0.1) is 81.0 Å². The fourth-order valence-corrected chi connectivity index (χ4v) is 21.4. The Kier molecular flexibility index (Phi) is 29.3. The molecule has 15 heterocycles. The molecule has 0 radical (unpaired) electrons. The average Bonchev–Trinajstić information content (AvgIpc) is 1.63. The van der Waals surface area contributed by atoms with Gasteiger partial charge in [0.2, 0.25) is 0 Å². The average molecular weight is 2000 g/mol. The number of esters is 1. The van der Waals surface area contributed by atoms with Crippen molar-refractivity contribution >= 4 is 74.4 Å². The van der Waals surface area contributed by atoms with E-state index in [0.717, 1.165) is 295 Å². The highest BCUT2D eigenvalue weighted by molar-refractivity contribution is 5.94. The zero-order valence-electron chi connectivity index (χ0n) is 88.9. The lowest BCUT2D eigenvalue weighted by atomic mass is 9.76. The van der Waals surface area contributed by atoms with Crippen LogP contribution in [0, 0.1) is 37.4 Å². The third-order valence-electron chi connectivity index (χ3n) is 28.8. The van der Waals surface area contributed by atoms with Crippen LogP contribution in [0.2, 0.25) is 0 Å². The minimum absolute atomic E-state index is 0.0815. The zero-order valence-corrected chi connectivity index (χ0v) is 88.9. The molecule has 23 rings (SSSR count). The molecule has 15 aromatic rings. The van der Waals surface area contributed by atoms with Crippen LogP contribution in [-0.4, -0.2) is 209 Å². The van der Waals surface area contributed by atoms with Crippen LogP contribution < -0.4 is 38.5 Å². The van der Waals surface area contributed by atoms with Gasteiger partial charge >= 0.3 is 5.97 Å². The number of imidazole rings is 2. The topological polar surface area (TPSA) is 310 Å². The van der Waals surface area contributed by atoms with Crippen molar-refractivity contribution in [3.8, 4) is 67.5 Å². The van der Waals surface area contributed by atoms with Gasteiger partial charge in [0.25, 0.3) is 0 Å². The van der Waals surface area contributed by atoms with E-state index in [1.54, 1.807) is 6.33 Å². The highest BCUT2D eigenvalue weighted by Crippen LogP contribution is 2.46. The van der Waals surface area contributed by atoms with Crippen LogP contribution >= 0.6 is 0 Å². The van der Waals surface area contributed by atoms with Crippen molar-refractivity contribution in [1.29, 1.82) is 0 Å². The number of methoxy groups -OCH3 is 1. The van der Waals surface area contributed by atoms with Crippen LogP contribution in [0.15, 0.2) is 168 Å². The molecule has 2 N–H and O–H groups in total. The van der Waals surface area contributed by atoms with Crippen molar-refractivity contribution in [2.75, 3.05) is 122 Å². The number of carbonyl (C=O) groups is 1. The highest BCUT2D eigenvalue weighted by Gasteiger charge is 2.36. The van der Waals surface area contributed by atoms with Crippen LogP contribution in [0.1, 0.15) is 187 Å². The first-order chi connectivity index (χ1) is 71.7. The van der Waals surface area contributed by atoms with Crippen molar-refractivity contribution < 1.29 is 32.9 Å². The minimum atomic E-state index is -0.344. The third kappa shape index (κ3) is 23.3. The summed E-state index contributed by atoms with van der Waals surface area (Å²) in [6.45, 7) is 34.4. The Balaban J connectivity index is 0.000000120. The van der Waals surface area contributed by atoms with Crippen molar-refractivity contribution in [2.45, 2.75) is 192 Å². The summed E-state index contributed by atoms with van der Waals surface area (Å²) >= 11 is 0. The number of aryl methyl sites for hydroxylation is 5. The summed E-state index contributed by atoms with van der Waals surface area (Å²) in [5.74, 6) is 11.4. The number of pyridine rings is 3. The molecule has 0 saturated carbocycles. The molecule has 0 amide bonds. The number of anilines is 4. The number of ether oxygens (including phenoxy) is 5. The molecule has 31 heteroatoms. The first-order valence-corrected chi connectivity index (χ1v) is 51.8. The second-order valence-electron chi connectivity index (χ2n) is 43.3. The van der Waals surface area contributed by atoms with E-state index in [-0.39, 0.29) is 29.0 Å². The lowest BCUT2D eigenvalue weighted by Crippen LogP contribution is -2.32. The molecule has 0 spiro atoms. The second kappa shape index (κ2) is 43.1. The molecule has 149 heavy (non-hydrogen) atoms. The minimum Gasteiger partial charge on any atom is -0.491 e. The number of rotatable bonds is 19. The van der Waals surface area contributed by atoms with E-state index >= 15 is 0 Å². The van der Waals surface area contributed by atoms with Gasteiger partial charge in [0, 0.05) is 159 Å². The van der Waals surface area contributed by atoms with Gasteiger partial charge in [-0.1, -0.05) is 90.1 Å². The van der Waals surface area contributed by atoms with Crippen molar-refractivity contribution in [2.24, 2.45) is 20.8 Å². The number of nitrogens with zero attached hydrogens (tertiary/aromatic N) is 22. The highest BCUT2D eigenvalue weighted by atomic mass is 19.1. The van der Waals surface area contributed by atoms with E-state index in [9.17, 15) is 9.18 Å². The summed E-state index contributed by atoms with van der Waals surface area (Å²) in [4.78, 5) is 105. The molecule has 8 aliphatic rings. The van der Waals surface area contributed by atoms with Gasteiger partial charge < -0.3 is 68.0 Å². The van der Waals surface area contributed by atoms with Crippen LogP contribution in [-0.2, 0) is 107 Å². The van der Waals surface area contributed by atoms with Crippen molar-refractivity contribution in [3.63, 3.8) is 0 Å². The Morgan fingerprint density at radius 1 is 0.443 bits per heavy atom. The SMILES string of the molecule is CC1=Nc2cc(-c3ccc4c(c3)CN(c3nc(CN(C)C)nc(C)c3C(C)C)CCO4)cnc2C1.CC1=Nc2cc(-c3ccc4c(c3)CN(c3nc(CN(C)C)nc(C)c3Cc3ccc(F)cc3)CCO4)ccc2C1.COC(=O)Cc1nc2ncc(-c3ccc4c(c3)CN(c3ncnc5c3CC(C)(C)CC5)CCO4)cc2[nH]1.Cc1nc2ncc(-c3ccc4c(c3)CN(c3nc(CN(C)C)nc5c3CC(C)(C)CC5)CCO4)cc2[nH]1. The van der Waals surface area contributed by atoms with Crippen LogP contribution in [0.3, 0.4) is 0 Å². The quantitative estimate of drug-likeness (QED) is 0.0710. The summed E-state index contributed by atoms with van der Waals surface area (Å²) in [5, 5.41) is 0. The number of fused-ring (bicyclic) bond motifs is 10. The number of aromatic amines is 2. The number of nitrogens with one attached hydrogen (secondary N) is 2. The van der Waals surface area contributed by atoms with Crippen LogP contribution in [0.25, 0.3) is 66.8 Å². The third-order valence-corrected chi connectivity index (χ3v) is 28.8. The largest absolute Gasteiger partial charge is 0.491 e. The number of halogens is 1. The number of aromatic nitrogens is 15. The number of hydrogen-bond acceptors (Lipinski definition) is 28. The Morgan fingerprint density at radius 2 is 0.893 bits per heavy atom. The molecule has 768 valence electrons. The molecule has 6 aliphatic heterocycles. The maximum absolute atomic E-state index is 13.6. The van der Waals surface area contributed by atoms with E-state index in [1.165, 1.54) is 52.9 Å². The molecule has 0 atom stereocenters. The maximum atomic E-state index is 13.6. The molecular formula is C118H133FN24O6. The van der Waals surface area contributed by atoms with Crippen LogP contribution in [0.4, 0.5) is 39.0 Å².